The molecule has 1 aromatic rings. The first-order chi connectivity index (χ1) is 16.9. The maximum Gasteiger partial charge on any atom is 0.251 e. The third-order valence-electron chi connectivity index (χ3n) is 7.45. The van der Waals surface area contributed by atoms with Crippen molar-refractivity contribution < 1.29 is 9.59 Å². The minimum Gasteiger partial charge on any atom is -0.351 e. The Hall–Kier alpha value is -1.92. The van der Waals surface area contributed by atoms with Gasteiger partial charge in [0.25, 0.3) is 5.91 Å². The first kappa shape index (κ1) is 27.7. The predicted octanol–water partition coefficient (Wildman–Crippen LogP) is 5.07. The summed E-state index contributed by atoms with van der Waals surface area (Å²) in [5.74, 6) is 0.719. The summed E-state index contributed by atoms with van der Waals surface area (Å²) in [4.78, 5) is 32.5. The van der Waals surface area contributed by atoms with Gasteiger partial charge in [-0.3, -0.25) is 14.5 Å². The van der Waals surface area contributed by atoms with Gasteiger partial charge in [0.05, 0.1) is 0 Å². The van der Waals surface area contributed by atoms with Crippen molar-refractivity contribution in [2.75, 3.05) is 50.7 Å². The van der Waals surface area contributed by atoms with Gasteiger partial charge >= 0.3 is 0 Å². The van der Waals surface area contributed by atoms with E-state index in [1.54, 1.807) is 6.92 Å². The molecular weight excluding hydrogens is 436 g/mol. The van der Waals surface area contributed by atoms with Crippen LogP contribution in [-0.2, 0) is 11.3 Å². The summed E-state index contributed by atoms with van der Waals surface area (Å²) >= 11 is 0. The van der Waals surface area contributed by atoms with Crippen molar-refractivity contribution in [2.45, 2.75) is 85.1 Å². The molecule has 0 saturated carbocycles. The first-order valence-corrected chi connectivity index (χ1v) is 14.1. The van der Waals surface area contributed by atoms with E-state index in [4.69, 9.17) is 0 Å². The molecule has 0 unspecified atom stereocenters. The van der Waals surface area contributed by atoms with E-state index in [-0.39, 0.29) is 11.8 Å². The fraction of sp³-hybridized carbons (Fsp3) is 0.724. The molecule has 1 saturated heterocycles. The number of nitrogens with zero attached hydrogens (tertiary/aromatic N) is 3. The molecule has 1 fully saturated rings. The van der Waals surface area contributed by atoms with Crippen molar-refractivity contribution in [3.05, 3.63) is 29.3 Å². The highest BCUT2D eigenvalue weighted by molar-refractivity contribution is 5.97. The van der Waals surface area contributed by atoms with Gasteiger partial charge in [0, 0.05) is 44.4 Å². The van der Waals surface area contributed by atoms with Crippen molar-refractivity contribution in [1.29, 1.82) is 0 Å². The molecule has 1 aromatic carbocycles. The standard InChI is InChI=1S/C29H48N4O2/c1-24(2)14-20-32-18-8-5-4-6-11-19-33(25(3)34)28-13-12-26(22-27(28)23-32)29(35)30-15-21-31-16-9-7-10-17-31/h12-13,22,24H,4-11,14-21,23H2,1-3H3,(H,30,35). The number of fused-ring (bicyclic) bond motifs is 1. The van der Waals surface area contributed by atoms with Crippen LogP contribution in [0, 0.1) is 5.92 Å². The number of likely N-dealkylation sites (tertiary alicyclic amines) is 1. The molecule has 2 aliphatic heterocycles. The molecule has 0 atom stereocenters. The molecule has 0 bridgehead atoms. The Kier molecular flexibility index (Phi) is 11.5. The Morgan fingerprint density at radius 1 is 0.857 bits per heavy atom. The molecular formula is C29H48N4O2. The summed E-state index contributed by atoms with van der Waals surface area (Å²) in [5.41, 5.74) is 2.76. The molecule has 2 heterocycles. The molecule has 0 aliphatic carbocycles. The number of anilines is 1. The highest BCUT2D eigenvalue weighted by Gasteiger charge is 2.20. The average Bonchev–Trinajstić information content (AvgIpc) is 2.83. The Labute approximate surface area is 213 Å². The van der Waals surface area contributed by atoms with Crippen molar-refractivity contribution in [3.63, 3.8) is 0 Å². The van der Waals surface area contributed by atoms with Crippen LogP contribution in [0.3, 0.4) is 0 Å². The number of carbonyl (C=O) groups excluding carboxylic acids is 2. The van der Waals surface area contributed by atoms with E-state index in [2.05, 4.69) is 29.0 Å². The van der Waals surface area contributed by atoms with Gasteiger partial charge in [-0.25, -0.2) is 0 Å². The van der Waals surface area contributed by atoms with E-state index in [9.17, 15) is 9.59 Å². The summed E-state index contributed by atoms with van der Waals surface area (Å²) in [6.07, 6.45) is 10.9. The number of rotatable bonds is 7. The number of piperidine rings is 1. The Bertz CT molecular complexity index is 804. The van der Waals surface area contributed by atoms with Crippen LogP contribution in [0.25, 0.3) is 0 Å². The fourth-order valence-corrected chi connectivity index (χ4v) is 5.26. The predicted molar refractivity (Wildman–Crippen MR) is 145 cm³/mol. The molecule has 196 valence electrons. The topological polar surface area (TPSA) is 55.9 Å². The molecule has 2 amide bonds. The zero-order valence-electron chi connectivity index (χ0n) is 22.5. The van der Waals surface area contributed by atoms with E-state index in [1.165, 1.54) is 38.5 Å². The lowest BCUT2D eigenvalue weighted by atomic mass is 10.0. The van der Waals surface area contributed by atoms with Gasteiger partial charge in [0.2, 0.25) is 5.91 Å². The number of hydrogen-bond acceptors (Lipinski definition) is 4. The van der Waals surface area contributed by atoms with Crippen molar-refractivity contribution in [1.82, 2.24) is 15.1 Å². The monoisotopic (exact) mass is 484 g/mol. The van der Waals surface area contributed by atoms with E-state index >= 15 is 0 Å². The summed E-state index contributed by atoms with van der Waals surface area (Å²) in [6.45, 7) is 13.7. The maximum atomic E-state index is 13.0. The van der Waals surface area contributed by atoms with Gasteiger partial charge in [-0.05, 0) is 88.0 Å². The van der Waals surface area contributed by atoms with Gasteiger partial charge in [0.1, 0.15) is 0 Å². The minimum absolute atomic E-state index is 0.0148. The lowest BCUT2D eigenvalue weighted by molar-refractivity contribution is -0.116. The molecule has 3 rings (SSSR count). The van der Waals surface area contributed by atoms with Gasteiger partial charge in [0.15, 0.2) is 0 Å². The van der Waals surface area contributed by atoms with Gasteiger partial charge < -0.3 is 15.1 Å². The highest BCUT2D eigenvalue weighted by atomic mass is 16.2. The third-order valence-corrected chi connectivity index (χ3v) is 7.45. The number of carbonyl (C=O) groups is 2. The number of hydrogen-bond donors (Lipinski definition) is 1. The quantitative estimate of drug-likeness (QED) is 0.587. The smallest absolute Gasteiger partial charge is 0.251 e. The average molecular weight is 485 g/mol. The molecule has 35 heavy (non-hydrogen) atoms. The fourth-order valence-electron chi connectivity index (χ4n) is 5.26. The zero-order valence-corrected chi connectivity index (χ0v) is 22.5. The summed E-state index contributed by atoms with van der Waals surface area (Å²) in [7, 11) is 0. The molecule has 6 nitrogen and oxygen atoms in total. The maximum absolute atomic E-state index is 13.0. The van der Waals surface area contributed by atoms with Crippen LogP contribution in [0.5, 0.6) is 0 Å². The van der Waals surface area contributed by atoms with Gasteiger partial charge in [-0.2, -0.15) is 0 Å². The number of nitrogens with one attached hydrogen (secondary N) is 1. The second-order valence-electron chi connectivity index (χ2n) is 10.9. The van der Waals surface area contributed by atoms with E-state index < -0.39 is 0 Å². The number of amides is 2. The summed E-state index contributed by atoms with van der Waals surface area (Å²) in [6, 6.07) is 5.94. The van der Waals surface area contributed by atoms with Crippen LogP contribution in [0.4, 0.5) is 5.69 Å². The summed E-state index contributed by atoms with van der Waals surface area (Å²) < 4.78 is 0. The van der Waals surface area contributed by atoms with Crippen LogP contribution >= 0.6 is 0 Å². The van der Waals surface area contributed by atoms with E-state index in [0.29, 0.717) is 18.0 Å². The highest BCUT2D eigenvalue weighted by Crippen LogP contribution is 2.26. The van der Waals surface area contributed by atoms with Crippen LogP contribution in [-0.4, -0.2) is 67.4 Å². The molecule has 0 spiro atoms. The zero-order chi connectivity index (χ0) is 25.0. The molecule has 0 aromatic heterocycles. The lowest BCUT2D eigenvalue weighted by Crippen LogP contribution is -2.37. The normalized spacial score (nSPS) is 19.0. The van der Waals surface area contributed by atoms with Crippen LogP contribution in [0.1, 0.15) is 94.5 Å². The van der Waals surface area contributed by atoms with Crippen molar-refractivity contribution in [3.8, 4) is 0 Å². The van der Waals surface area contributed by atoms with Gasteiger partial charge in [-0.15, -0.1) is 0 Å². The third kappa shape index (κ3) is 9.23. The van der Waals surface area contributed by atoms with Crippen LogP contribution in [0.15, 0.2) is 18.2 Å². The SMILES string of the molecule is CC(=O)N1CCCCCCCN(CCC(C)C)Cc2cc(C(=O)NCCN3CCCCC3)ccc21. The first-order valence-electron chi connectivity index (χ1n) is 14.1. The number of benzene rings is 1. The second kappa shape index (κ2) is 14.6. The van der Waals surface area contributed by atoms with Crippen molar-refractivity contribution in [2.24, 2.45) is 5.92 Å². The second-order valence-corrected chi connectivity index (χ2v) is 10.9. The molecule has 1 N–H and O–H groups in total. The largest absolute Gasteiger partial charge is 0.351 e. The van der Waals surface area contributed by atoms with Crippen LogP contribution in [0.2, 0.25) is 0 Å². The minimum atomic E-state index is -0.0148. The van der Waals surface area contributed by atoms with E-state index in [1.807, 2.05) is 23.1 Å². The van der Waals surface area contributed by atoms with E-state index in [0.717, 1.165) is 76.3 Å². The molecule has 6 heteroatoms. The summed E-state index contributed by atoms with van der Waals surface area (Å²) in [5, 5.41) is 3.13. The van der Waals surface area contributed by atoms with Crippen molar-refractivity contribution >= 4 is 17.5 Å². The van der Waals surface area contributed by atoms with Gasteiger partial charge in [-0.1, -0.05) is 39.5 Å². The molecule has 2 aliphatic rings. The van der Waals surface area contributed by atoms with Crippen LogP contribution < -0.4 is 10.2 Å². The Balaban J connectivity index is 1.78. The molecule has 0 radical (unpaired) electrons. The Morgan fingerprint density at radius 3 is 2.17 bits per heavy atom. The Morgan fingerprint density at radius 2 is 1.49 bits per heavy atom. The lowest BCUT2D eigenvalue weighted by Gasteiger charge is -2.29.